The molecule has 0 bridgehead atoms. The summed E-state index contributed by atoms with van der Waals surface area (Å²) in [6, 6.07) is 14.4. The van der Waals surface area contributed by atoms with E-state index in [0.717, 1.165) is 17.8 Å². The maximum Gasteiger partial charge on any atom is 0.274 e. The van der Waals surface area contributed by atoms with Crippen LogP contribution in [0.1, 0.15) is 23.2 Å². The van der Waals surface area contributed by atoms with Crippen LogP contribution in [0.25, 0.3) is 0 Å². The van der Waals surface area contributed by atoms with Crippen LogP contribution in [-0.2, 0) is 0 Å². The third-order valence-electron chi connectivity index (χ3n) is 3.90. The molecule has 0 fully saturated rings. The summed E-state index contributed by atoms with van der Waals surface area (Å²) in [5.74, 6) is -1.54. The molecule has 138 valence electrons. The van der Waals surface area contributed by atoms with Gasteiger partial charge in [-0.3, -0.25) is 4.79 Å². The molecular formula is C20H18F2N4O. The molecule has 0 aliphatic heterocycles. The Morgan fingerprint density at radius 3 is 2.44 bits per heavy atom. The standard InChI is InChI=1S/C20H18F2N4O/c1-3-26(15-7-5-4-6-8-15)19-12-18(23-13(2)24-19)20(27)25-14-9-10-16(21)17(22)11-14/h4-12H,3H2,1-2H3,(H,25,27). The Bertz CT molecular complexity index is 963. The number of halogens is 2. The van der Waals surface area contributed by atoms with E-state index < -0.39 is 17.5 Å². The van der Waals surface area contributed by atoms with Gasteiger partial charge >= 0.3 is 0 Å². The quantitative estimate of drug-likeness (QED) is 0.722. The maximum absolute atomic E-state index is 13.3. The number of benzene rings is 2. The molecule has 27 heavy (non-hydrogen) atoms. The van der Waals surface area contributed by atoms with Gasteiger partial charge in [0.1, 0.15) is 17.3 Å². The number of rotatable bonds is 5. The van der Waals surface area contributed by atoms with Crippen LogP contribution in [0, 0.1) is 18.6 Å². The van der Waals surface area contributed by atoms with E-state index in [-0.39, 0.29) is 11.4 Å². The van der Waals surface area contributed by atoms with E-state index in [1.807, 2.05) is 42.2 Å². The second-order valence-corrected chi connectivity index (χ2v) is 5.82. The molecule has 1 heterocycles. The highest BCUT2D eigenvalue weighted by Crippen LogP contribution is 2.24. The number of anilines is 3. The van der Waals surface area contributed by atoms with E-state index in [4.69, 9.17) is 0 Å². The number of amides is 1. The van der Waals surface area contributed by atoms with Crippen molar-refractivity contribution in [3.8, 4) is 0 Å². The SMILES string of the molecule is CCN(c1ccccc1)c1cc(C(=O)Nc2ccc(F)c(F)c2)nc(C)n1. The molecule has 0 saturated carbocycles. The van der Waals surface area contributed by atoms with Crippen molar-refractivity contribution >= 4 is 23.1 Å². The van der Waals surface area contributed by atoms with Crippen molar-refractivity contribution in [3.63, 3.8) is 0 Å². The third-order valence-corrected chi connectivity index (χ3v) is 3.90. The Balaban J connectivity index is 1.90. The summed E-state index contributed by atoms with van der Waals surface area (Å²) < 4.78 is 26.4. The van der Waals surface area contributed by atoms with Gasteiger partial charge in [0.15, 0.2) is 11.6 Å². The average molecular weight is 368 g/mol. The molecule has 0 aliphatic rings. The van der Waals surface area contributed by atoms with Gasteiger partial charge in [0.2, 0.25) is 0 Å². The third kappa shape index (κ3) is 4.25. The van der Waals surface area contributed by atoms with Crippen LogP contribution in [0.2, 0.25) is 0 Å². The fourth-order valence-electron chi connectivity index (χ4n) is 2.66. The smallest absolute Gasteiger partial charge is 0.274 e. The minimum Gasteiger partial charge on any atom is -0.327 e. The Kier molecular flexibility index (Phi) is 5.40. The van der Waals surface area contributed by atoms with Crippen molar-refractivity contribution < 1.29 is 13.6 Å². The largest absolute Gasteiger partial charge is 0.327 e. The highest BCUT2D eigenvalue weighted by Gasteiger charge is 2.16. The topological polar surface area (TPSA) is 58.1 Å². The number of aryl methyl sites for hydroxylation is 1. The van der Waals surface area contributed by atoms with E-state index in [2.05, 4.69) is 15.3 Å². The molecule has 7 heteroatoms. The number of para-hydroxylation sites is 1. The normalized spacial score (nSPS) is 10.5. The molecule has 0 atom stereocenters. The summed E-state index contributed by atoms with van der Waals surface area (Å²) in [6.45, 7) is 4.31. The van der Waals surface area contributed by atoms with E-state index in [1.54, 1.807) is 13.0 Å². The van der Waals surface area contributed by atoms with Gasteiger partial charge < -0.3 is 10.2 Å². The first-order chi connectivity index (χ1) is 13.0. The van der Waals surface area contributed by atoms with Crippen LogP contribution in [0.3, 0.4) is 0 Å². The lowest BCUT2D eigenvalue weighted by Crippen LogP contribution is -2.21. The van der Waals surface area contributed by atoms with Crippen molar-refractivity contribution in [2.75, 3.05) is 16.8 Å². The van der Waals surface area contributed by atoms with E-state index in [0.29, 0.717) is 18.2 Å². The zero-order valence-corrected chi connectivity index (χ0v) is 14.9. The minimum atomic E-state index is -1.03. The molecular weight excluding hydrogens is 350 g/mol. The van der Waals surface area contributed by atoms with Gasteiger partial charge in [-0.15, -0.1) is 0 Å². The first-order valence-electron chi connectivity index (χ1n) is 8.42. The molecule has 1 aromatic heterocycles. The molecule has 0 aliphatic carbocycles. The lowest BCUT2D eigenvalue weighted by molar-refractivity contribution is 0.102. The first kappa shape index (κ1) is 18.4. The van der Waals surface area contributed by atoms with Gasteiger partial charge in [0, 0.05) is 30.1 Å². The van der Waals surface area contributed by atoms with Gasteiger partial charge in [-0.2, -0.15) is 0 Å². The number of nitrogens with zero attached hydrogens (tertiary/aromatic N) is 3. The van der Waals surface area contributed by atoms with Crippen molar-refractivity contribution in [1.82, 2.24) is 9.97 Å². The lowest BCUT2D eigenvalue weighted by atomic mass is 10.2. The first-order valence-corrected chi connectivity index (χ1v) is 8.42. The minimum absolute atomic E-state index is 0.136. The van der Waals surface area contributed by atoms with Crippen LogP contribution in [-0.4, -0.2) is 22.4 Å². The Morgan fingerprint density at radius 1 is 1.04 bits per heavy atom. The van der Waals surface area contributed by atoms with Crippen LogP contribution in [0.5, 0.6) is 0 Å². The van der Waals surface area contributed by atoms with Gasteiger partial charge in [-0.05, 0) is 38.1 Å². The Hall–Kier alpha value is -3.35. The molecule has 1 amide bonds. The average Bonchev–Trinajstić information content (AvgIpc) is 2.66. The number of aromatic nitrogens is 2. The summed E-state index contributed by atoms with van der Waals surface area (Å²) in [4.78, 5) is 23.1. The molecule has 1 N–H and O–H groups in total. The van der Waals surface area contributed by atoms with Gasteiger partial charge in [0.05, 0.1) is 0 Å². The predicted octanol–water partition coefficient (Wildman–Crippen LogP) is 4.47. The monoisotopic (exact) mass is 368 g/mol. The molecule has 3 rings (SSSR count). The van der Waals surface area contributed by atoms with Gasteiger partial charge in [-0.1, -0.05) is 18.2 Å². The molecule has 2 aromatic carbocycles. The summed E-state index contributed by atoms with van der Waals surface area (Å²) in [6.07, 6.45) is 0. The summed E-state index contributed by atoms with van der Waals surface area (Å²) in [5, 5.41) is 2.52. The predicted molar refractivity (Wildman–Crippen MR) is 100 cm³/mol. The van der Waals surface area contributed by atoms with E-state index >= 15 is 0 Å². The number of nitrogens with one attached hydrogen (secondary N) is 1. The van der Waals surface area contributed by atoms with Crippen LogP contribution < -0.4 is 10.2 Å². The van der Waals surface area contributed by atoms with Crippen molar-refractivity contribution in [2.45, 2.75) is 13.8 Å². The summed E-state index contributed by atoms with van der Waals surface area (Å²) >= 11 is 0. The summed E-state index contributed by atoms with van der Waals surface area (Å²) in [5.41, 5.74) is 1.22. The molecule has 5 nitrogen and oxygen atoms in total. The Morgan fingerprint density at radius 2 is 1.78 bits per heavy atom. The lowest BCUT2D eigenvalue weighted by Gasteiger charge is -2.22. The van der Waals surface area contributed by atoms with Crippen LogP contribution >= 0.6 is 0 Å². The van der Waals surface area contributed by atoms with Crippen LogP contribution in [0.15, 0.2) is 54.6 Å². The molecule has 0 unspecified atom stereocenters. The molecule has 0 radical (unpaired) electrons. The fourth-order valence-corrected chi connectivity index (χ4v) is 2.66. The number of hydrogen-bond donors (Lipinski definition) is 1. The highest BCUT2D eigenvalue weighted by molar-refractivity contribution is 6.03. The zero-order chi connectivity index (χ0) is 19.4. The molecule has 0 spiro atoms. The molecule has 0 saturated heterocycles. The summed E-state index contributed by atoms with van der Waals surface area (Å²) in [7, 11) is 0. The highest BCUT2D eigenvalue weighted by atomic mass is 19.2. The van der Waals surface area contributed by atoms with E-state index in [9.17, 15) is 13.6 Å². The van der Waals surface area contributed by atoms with Gasteiger partial charge in [0.25, 0.3) is 5.91 Å². The fraction of sp³-hybridized carbons (Fsp3) is 0.150. The second kappa shape index (κ2) is 7.90. The van der Waals surface area contributed by atoms with E-state index in [1.165, 1.54) is 6.07 Å². The molecule has 3 aromatic rings. The Labute approximate surface area is 155 Å². The second-order valence-electron chi connectivity index (χ2n) is 5.82. The number of carbonyl (C=O) groups is 1. The van der Waals surface area contributed by atoms with Crippen molar-refractivity contribution in [1.29, 1.82) is 0 Å². The van der Waals surface area contributed by atoms with Crippen molar-refractivity contribution in [3.05, 3.63) is 77.8 Å². The maximum atomic E-state index is 13.3. The van der Waals surface area contributed by atoms with Crippen LogP contribution in [0.4, 0.5) is 26.0 Å². The zero-order valence-electron chi connectivity index (χ0n) is 14.9. The van der Waals surface area contributed by atoms with Gasteiger partial charge in [-0.25, -0.2) is 18.7 Å². The number of hydrogen-bond acceptors (Lipinski definition) is 4. The number of carbonyl (C=O) groups excluding carboxylic acids is 1. The van der Waals surface area contributed by atoms with Crippen molar-refractivity contribution in [2.24, 2.45) is 0 Å².